The standard InChI is InChI=1S/C16H8Cl2F3NO/c17-12-6-5-10-11(15(23)22-14(10)13(12)18)7-8-1-3-9(4-2-8)16(19,20)21/h1-7H,(H,22,23). The Morgan fingerprint density at radius 2 is 1.65 bits per heavy atom. The van der Waals surface area contributed by atoms with Crippen molar-refractivity contribution in [1.82, 2.24) is 0 Å². The fourth-order valence-corrected chi connectivity index (χ4v) is 2.65. The summed E-state index contributed by atoms with van der Waals surface area (Å²) in [6.07, 6.45) is -2.89. The van der Waals surface area contributed by atoms with Crippen LogP contribution >= 0.6 is 23.2 Å². The molecule has 0 radical (unpaired) electrons. The Morgan fingerprint density at radius 1 is 1.00 bits per heavy atom. The Hall–Kier alpha value is -1.98. The number of nitrogens with one attached hydrogen (secondary N) is 1. The van der Waals surface area contributed by atoms with Crippen LogP contribution in [0.3, 0.4) is 0 Å². The highest BCUT2D eigenvalue weighted by Gasteiger charge is 2.30. The van der Waals surface area contributed by atoms with Gasteiger partial charge in [-0.25, -0.2) is 0 Å². The van der Waals surface area contributed by atoms with Gasteiger partial charge in [-0.2, -0.15) is 13.2 Å². The van der Waals surface area contributed by atoms with E-state index in [0.717, 1.165) is 12.1 Å². The molecule has 118 valence electrons. The molecule has 7 heteroatoms. The SMILES string of the molecule is O=C1Nc2c(ccc(Cl)c2Cl)C1=Cc1ccc(C(F)(F)F)cc1. The van der Waals surface area contributed by atoms with Gasteiger partial charge in [0.1, 0.15) is 0 Å². The number of carbonyl (C=O) groups is 1. The van der Waals surface area contributed by atoms with Gasteiger partial charge in [0.15, 0.2) is 0 Å². The van der Waals surface area contributed by atoms with Crippen molar-refractivity contribution in [2.45, 2.75) is 6.18 Å². The predicted octanol–water partition coefficient (Wildman–Crippen LogP) is 5.50. The first-order chi connectivity index (χ1) is 10.8. The number of fused-ring (bicyclic) bond motifs is 1. The second-order valence-corrected chi connectivity index (χ2v) is 5.70. The zero-order valence-electron chi connectivity index (χ0n) is 11.3. The topological polar surface area (TPSA) is 29.1 Å². The second kappa shape index (κ2) is 5.58. The lowest BCUT2D eigenvalue weighted by molar-refractivity contribution is -0.137. The molecule has 0 spiro atoms. The van der Waals surface area contributed by atoms with E-state index in [2.05, 4.69) is 5.32 Å². The summed E-state index contributed by atoms with van der Waals surface area (Å²) in [5, 5.41) is 3.15. The van der Waals surface area contributed by atoms with Crippen molar-refractivity contribution in [2.24, 2.45) is 0 Å². The van der Waals surface area contributed by atoms with Crippen molar-refractivity contribution in [1.29, 1.82) is 0 Å². The van der Waals surface area contributed by atoms with E-state index >= 15 is 0 Å². The summed E-state index contributed by atoms with van der Waals surface area (Å²) in [5.41, 5.74) is 1.01. The van der Waals surface area contributed by atoms with Crippen LogP contribution in [-0.2, 0) is 11.0 Å². The molecule has 1 N–H and O–H groups in total. The van der Waals surface area contributed by atoms with E-state index in [4.69, 9.17) is 23.2 Å². The maximum atomic E-state index is 12.6. The van der Waals surface area contributed by atoms with Gasteiger partial charge < -0.3 is 5.32 Å². The molecule has 0 fully saturated rings. The van der Waals surface area contributed by atoms with E-state index in [1.54, 1.807) is 12.1 Å². The minimum Gasteiger partial charge on any atom is -0.320 e. The molecular weight excluding hydrogens is 350 g/mol. The summed E-state index contributed by atoms with van der Waals surface area (Å²) in [4.78, 5) is 12.1. The monoisotopic (exact) mass is 357 g/mol. The van der Waals surface area contributed by atoms with Crippen molar-refractivity contribution in [3.8, 4) is 0 Å². The van der Waals surface area contributed by atoms with Gasteiger partial charge in [0.2, 0.25) is 0 Å². The van der Waals surface area contributed by atoms with Crippen LogP contribution < -0.4 is 5.32 Å². The minimum atomic E-state index is -4.40. The average Bonchev–Trinajstić information content (AvgIpc) is 2.80. The van der Waals surface area contributed by atoms with Crippen molar-refractivity contribution in [3.05, 3.63) is 63.1 Å². The highest BCUT2D eigenvalue weighted by atomic mass is 35.5. The molecule has 2 nitrogen and oxygen atoms in total. The van der Waals surface area contributed by atoms with Crippen LogP contribution in [0.25, 0.3) is 11.6 Å². The van der Waals surface area contributed by atoms with E-state index in [1.165, 1.54) is 18.2 Å². The zero-order chi connectivity index (χ0) is 16.8. The first-order valence-electron chi connectivity index (χ1n) is 6.46. The lowest BCUT2D eigenvalue weighted by Gasteiger charge is -2.06. The highest BCUT2D eigenvalue weighted by Crippen LogP contribution is 2.41. The molecule has 0 unspecified atom stereocenters. The van der Waals surface area contributed by atoms with Gasteiger partial charge in [0, 0.05) is 11.1 Å². The van der Waals surface area contributed by atoms with Crippen LogP contribution in [0, 0.1) is 0 Å². The summed E-state index contributed by atoms with van der Waals surface area (Å²) in [6, 6.07) is 7.74. The Bertz CT molecular complexity index is 826. The lowest BCUT2D eigenvalue weighted by atomic mass is 10.0. The number of amides is 1. The zero-order valence-corrected chi connectivity index (χ0v) is 12.9. The second-order valence-electron chi connectivity index (χ2n) is 4.92. The molecule has 1 aliphatic heterocycles. The van der Waals surface area contributed by atoms with E-state index in [-0.39, 0.29) is 10.9 Å². The van der Waals surface area contributed by atoms with Gasteiger partial charge in [-0.05, 0) is 29.8 Å². The predicted molar refractivity (Wildman–Crippen MR) is 84.4 cm³/mol. The summed E-state index contributed by atoms with van der Waals surface area (Å²) < 4.78 is 37.7. The van der Waals surface area contributed by atoms with Gasteiger partial charge >= 0.3 is 6.18 Å². The lowest BCUT2D eigenvalue weighted by Crippen LogP contribution is -2.05. The fraction of sp³-hybridized carbons (Fsp3) is 0.0625. The van der Waals surface area contributed by atoms with Crippen LogP contribution in [0.2, 0.25) is 10.0 Å². The molecule has 3 rings (SSSR count). The molecule has 0 bridgehead atoms. The van der Waals surface area contributed by atoms with E-state index in [1.807, 2.05) is 0 Å². The summed E-state index contributed by atoms with van der Waals surface area (Å²) in [5.74, 6) is -0.385. The number of hydrogen-bond acceptors (Lipinski definition) is 1. The Balaban J connectivity index is 2.02. The number of rotatable bonds is 1. The fourth-order valence-electron chi connectivity index (χ4n) is 2.28. The van der Waals surface area contributed by atoms with Crippen LogP contribution in [0.15, 0.2) is 36.4 Å². The van der Waals surface area contributed by atoms with Crippen LogP contribution in [-0.4, -0.2) is 5.91 Å². The van der Waals surface area contributed by atoms with Crippen LogP contribution in [0.1, 0.15) is 16.7 Å². The molecule has 1 amide bonds. The number of halogens is 5. The van der Waals surface area contributed by atoms with Crippen LogP contribution in [0.5, 0.6) is 0 Å². The molecule has 0 saturated heterocycles. The molecular formula is C16H8Cl2F3NO. The third kappa shape index (κ3) is 2.94. The number of hydrogen-bond donors (Lipinski definition) is 1. The molecule has 2 aromatic carbocycles. The number of benzene rings is 2. The molecule has 0 atom stereocenters. The smallest absolute Gasteiger partial charge is 0.320 e. The maximum absolute atomic E-state index is 12.6. The normalized spacial score (nSPS) is 15.7. The summed E-state index contributed by atoms with van der Waals surface area (Å²) >= 11 is 11.9. The third-order valence-corrected chi connectivity index (χ3v) is 4.22. The van der Waals surface area contributed by atoms with Crippen LogP contribution in [0.4, 0.5) is 18.9 Å². The summed E-state index contributed by atoms with van der Waals surface area (Å²) in [7, 11) is 0. The number of anilines is 1. The van der Waals surface area contributed by atoms with E-state index in [9.17, 15) is 18.0 Å². The molecule has 0 saturated carbocycles. The maximum Gasteiger partial charge on any atom is 0.416 e. The molecule has 23 heavy (non-hydrogen) atoms. The number of carbonyl (C=O) groups excluding carboxylic acids is 1. The Kier molecular flexibility index (Phi) is 3.86. The first-order valence-corrected chi connectivity index (χ1v) is 7.21. The van der Waals surface area contributed by atoms with Gasteiger partial charge in [-0.3, -0.25) is 4.79 Å². The quantitative estimate of drug-likeness (QED) is 0.670. The van der Waals surface area contributed by atoms with E-state index in [0.29, 0.717) is 27.4 Å². The van der Waals surface area contributed by atoms with E-state index < -0.39 is 11.7 Å². The van der Waals surface area contributed by atoms with Crippen molar-refractivity contribution in [3.63, 3.8) is 0 Å². The largest absolute Gasteiger partial charge is 0.416 e. The molecule has 1 heterocycles. The van der Waals surface area contributed by atoms with Gasteiger partial charge in [0.05, 0.1) is 21.3 Å². The van der Waals surface area contributed by atoms with Gasteiger partial charge in [-0.1, -0.05) is 41.4 Å². The Morgan fingerprint density at radius 3 is 2.26 bits per heavy atom. The highest BCUT2D eigenvalue weighted by molar-refractivity contribution is 6.47. The first kappa shape index (κ1) is 15.9. The number of alkyl halides is 3. The molecule has 0 aliphatic carbocycles. The average molecular weight is 358 g/mol. The van der Waals surface area contributed by atoms with Crippen molar-refractivity contribution in [2.75, 3.05) is 5.32 Å². The van der Waals surface area contributed by atoms with Gasteiger partial charge in [-0.15, -0.1) is 0 Å². The van der Waals surface area contributed by atoms with Gasteiger partial charge in [0.25, 0.3) is 5.91 Å². The summed E-state index contributed by atoms with van der Waals surface area (Å²) in [6.45, 7) is 0. The molecule has 1 aliphatic rings. The molecule has 0 aromatic heterocycles. The third-order valence-electron chi connectivity index (χ3n) is 3.42. The minimum absolute atomic E-state index is 0.230. The molecule has 2 aromatic rings. The van der Waals surface area contributed by atoms with Crippen molar-refractivity contribution >= 4 is 46.4 Å². The van der Waals surface area contributed by atoms with Crippen molar-refractivity contribution < 1.29 is 18.0 Å². The Labute approximate surface area is 139 Å².